The summed E-state index contributed by atoms with van der Waals surface area (Å²) in [7, 11) is 0. The number of hydrogen-bond acceptors (Lipinski definition) is 3. The third kappa shape index (κ3) is 5.59. The van der Waals surface area contributed by atoms with Crippen LogP contribution in [0.3, 0.4) is 0 Å². The van der Waals surface area contributed by atoms with E-state index in [-0.39, 0.29) is 29.8 Å². The van der Waals surface area contributed by atoms with Crippen LogP contribution < -0.4 is 15.4 Å². The van der Waals surface area contributed by atoms with Crippen molar-refractivity contribution >= 4 is 17.5 Å². The Bertz CT molecular complexity index is 805. The molecule has 2 unspecified atom stereocenters. The molecule has 2 N–H and O–H groups in total. The Labute approximate surface area is 166 Å². The number of para-hydroxylation sites is 2. The van der Waals surface area contributed by atoms with Crippen molar-refractivity contribution in [2.24, 2.45) is 11.8 Å². The maximum atomic E-state index is 12.5. The molecule has 1 aliphatic carbocycles. The molecule has 0 aromatic heterocycles. The van der Waals surface area contributed by atoms with Gasteiger partial charge in [0.05, 0.1) is 23.6 Å². The van der Waals surface area contributed by atoms with Crippen molar-refractivity contribution in [1.82, 2.24) is 5.32 Å². The lowest BCUT2D eigenvalue weighted by atomic mass is 10.1. The van der Waals surface area contributed by atoms with Gasteiger partial charge in [-0.3, -0.25) is 9.59 Å². The minimum absolute atomic E-state index is 0.0217. The molecule has 0 heterocycles. The molecule has 2 aromatic rings. The summed E-state index contributed by atoms with van der Waals surface area (Å²) in [5.74, 6) is 0.00807. The molecule has 2 atom stereocenters. The van der Waals surface area contributed by atoms with Crippen molar-refractivity contribution in [2.45, 2.75) is 39.2 Å². The van der Waals surface area contributed by atoms with Crippen LogP contribution in [0.2, 0.25) is 0 Å². The third-order valence-corrected chi connectivity index (χ3v) is 4.76. The Morgan fingerprint density at radius 2 is 1.68 bits per heavy atom. The number of anilines is 1. The molecule has 0 aliphatic heterocycles. The first-order chi connectivity index (χ1) is 13.5. The highest BCUT2D eigenvalue weighted by Gasteiger charge is 2.48. The molecule has 0 spiro atoms. The third-order valence-electron chi connectivity index (χ3n) is 4.76. The molecule has 28 heavy (non-hydrogen) atoms. The summed E-state index contributed by atoms with van der Waals surface area (Å²) < 4.78 is 5.73. The molecule has 1 saturated carbocycles. The SMILES string of the molecule is CC(C)Oc1ccccc1NC(=O)C1CC1C(=O)NCCCc1ccccc1. The molecular formula is C23H28N2O3. The van der Waals surface area contributed by atoms with Crippen LogP contribution in [0.1, 0.15) is 32.3 Å². The van der Waals surface area contributed by atoms with E-state index in [2.05, 4.69) is 22.8 Å². The topological polar surface area (TPSA) is 67.4 Å². The van der Waals surface area contributed by atoms with Crippen LogP contribution in [-0.2, 0) is 16.0 Å². The fraction of sp³-hybridized carbons (Fsp3) is 0.391. The number of carbonyl (C=O) groups excluding carboxylic acids is 2. The maximum Gasteiger partial charge on any atom is 0.228 e. The van der Waals surface area contributed by atoms with Crippen molar-refractivity contribution in [3.8, 4) is 5.75 Å². The maximum absolute atomic E-state index is 12.5. The lowest BCUT2D eigenvalue weighted by molar-refractivity contribution is -0.125. The van der Waals surface area contributed by atoms with E-state index in [1.54, 1.807) is 0 Å². The average Bonchev–Trinajstić information content (AvgIpc) is 3.48. The Kier molecular flexibility index (Phi) is 6.69. The number of nitrogens with one attached hydrogen (secondary N) is 2. The predicted molar refractivity (Wildman–Crippen MR) is 110 cm³/mol. The first-order valence-electron chi connectivity index (χ1n) is 9.93. The number of carbonyl (C=O) groups is 2. The van der Waals surface area contributed by atoms with E-state index in [9.17, 15) is 9.59 Å². The van der Waals surface area contributed by atoms with Gasteiger partial charge in [0.25, 0.3) is 0 Å². The standard InChI is InChI=1S/C23H28N2O3/c1-16(2)28-21-13-7-6-12-20(21)25-23(27)19-15-18(19)22(26)24-14-8-11-17-9-4-3-5-10-17/h3-7,9-10,12-13,16,18-19H,8,11,14-15H2,1-2H3,(H,24,26)(H,25,27). The Balaban J connectivity index is 1.42. The van der Waals surface area contributed by atoms with Crippen LogP contribution in [0, 0.1) is 11.8 Å². The zero-order valence-corrected chi connectivity index (χ0v) is 16.5. The van der Waals surface area contributed by atoms with Gasteiger partial charge in [-0.15, -0.1) is 0 Å². The summed E-state index contributed by atoms with van der Waals surface area (Å²) in [6, 6.07) is 17.6. The number of ether oxygens (including phenoxy) is 1. The monoisotopic (exact) mass is 380 g/mol. The molecule has 3 rings (SSSR count). The largest absolute Gasteiger partial charge is 0.489 e. The van der Waals surface area contributed by atoms with Crippen molar-refractivity contribution in [1.29, 1.82) is 0 Å². The number of benzene rings is 2. The normalized spacial score (nSPS) is 17.8. The van der Waals surface area contributed by atoms with Crippen LogP contribution >= 0.6 is 0 Å². The van der Waals surface area contributed by atoms with Gasteiger partial charge in [-0.1, -0.05) is 42.5 Å². The van der Waals surface area contributed by atoms with E-state index in [0.717, 1.165) is 12.8 Å². The molecule has 1 fully saturated rings. The van der Waals surface area contributed by atoms with Crippen molar-refractivity contribution in [2.75, 3.05) is 11.9 Å². The smallest absolute Gasteiger partial charge is 0.228 e. The van der Waals surface area contributed by atoms with Gasteiger partial charge in [-0.25, -0.2) is 0 Å². The minimum Gasteiger partial charge on any atom is -0.489 e. The summed E-state index contributed by atoms with van der Waals surface area (Å²) >= 11 is 0. The van der Waals surface area contributed by atoms with Crippen molar-refractivity contribution < 1.29 is 14.3 Å². The fourth-order valence-electron chi connectivity index (χ4n) is 3.21. The van der Waals surface area contributed by atoms with Gasteiger partial charge < -0.3 is 15.4 Å². The van der Waals surface area contributed by atoms with Gasteiger partial charge in [0.1, 0.15) is 5.75 Å². The summed E-state index contributed by atoms with van der Waals surface area (Å²) in [6.07, 6.45) is 2.44. The van der Waals surface area contributed by atoms with Gasteiger partial charge in [-0.2, -0.15) is 0 Å². The molecule has 2 aromatic carbocycles. The zero-order chi connectivity index (χ0) is 19.9. The summed E-state index contributed by atoms with van der Waals surface area (Å²) in [5, 5.41) is 5.86. The van der Waals surface area contributed by atoms with E-state index in [1.807, 2.05) is 56.3 Å². The van der Waals surface area contributed by atoms with Crippen LogP contribution in [0.4, 0.5) is 5.69 Å². The second kappa shape index (κ2) is 9.40. The average molecular weight is 380 g/mol. The van der Waals surface area contributed by atoms with Gasteiger partial charge in [0, 0.05) is 6.54 Å². The second-order valence-electron chi connectivity index (χ2n) is 7.48. The number of rotatable bonds is 9. The van der Waals surface area contributed by atoms with Crippen LogP contribution in [0.15, 0.2) is 54.6 Å². The van der Waals surface area contributed by atoms with E-state index in [0.29, 0.717) is 24.4 Å². The number of aryl methyl sites for hydroxylation is 1. The predicted octanol–water partition coefficient (Wildman–Crippen LogP) is 3.80. The lowest BCUT2D eigenvalue weighted by Gasteiger charge is -2.14. The first kappa shape index (κ1) is 19.9. The molecule has 0 bridgehead atoms. The number of amides is 2. The fourth-order valence-corrected chi connectivity index (χ4v) is 3.21. The van der Waals surface area contributed by atoms with Crippen molar-refractivity contribution in [3.05, 3.63) is 60.2 Å². The Hall–Kier alpha value is -2.82. The lowest BCUT2D eigenvalue weighted by Crippen LogP contribution is -2.28. The molecule has 5 nitrogen and oxygen atoms in total. The van der Waals surface area contributed by atoms with Crippen LogP contribution in [-0.4, -0.2) is 24.5 Å². The quantitative estimate of drug-likeness (QED) is 0.650. The molecule has 5 heteroatoms. The van der Waals surface area contributed by atoms with E-state index in [1.165, 1.54) is 5.56 Å². The van der Waals surface area contributed by atoms with Gasteiger partial charge >= 0.3 is 0 Å². The highest BCUT2D eigenvalue weighted by atomic mass is 16.5. The van der Waals surface area contributed by atoms with Gasteiger partial charge in [-0.05, 0) is 50.8 Å². The summed E-state index contributed by atoms with van der Waals surface area (Å²) in [4.78, 5) is 24.8. The van der Waals surface area contributed by atoms with Crippen LogP contribution in [0.25, 0.3) is 0 Å². The molecule has 1 aliphatic rings. The second-order valence-corrected chi connectivity index (χ2v) is 7.48. The minimum atomic E-state index is -0.263. The van der Waals surface area contributed by atoms with Crippen LogP contribution in [0.5, 0.6) is 5.75 Å². The summed E-state index contributed by atoms with van der Waals surface area (Å²) in [5.41, 5.74) is 1.91. The highest BCUT2D eigenvalue weighted by Crippen LogP contribution is 2.40. The molecule has 0 radical (unpaired) electrons. The Morgan fingerprint density at radius 1 is 1.00 bits per heavy atom. The number of hydrogen-bond donors (Lipinski definition) is 2. The van der Waals surface area contributed by atoms with E-state index >= 15 is 0 Å². The van der Waals surface area contributed by atoms with E-state index in [4.69, 9.17) is 4.74 Å². The molecule has 2 amide bonds. The highest BCUT2D eigenvalue weighted by molar-refractivity contribution is 6.00. The zero-order valence-electron chi connectivity index (χ0n) is 16.5. The molecule has 148 valence electrons. The van der Waals surface area contributed by atoms with Gasteiger partial charge in [0.2, 0.25) is 11.8 Å². The van der Waals surface area contributed by atoms with E-state index < -0.39 is 0 Å². The Morgan fingerprint density at radius 3 is 2.43 bits per heavy atom. The molecular weight excluding hydrogens is 352 g/mol. The van der Waals surface area contributed by atoms with Crippen molar-refractivity contribution in [3.63, 3.8) is 0 Å². The first-order valence-corrected chi connectivity index (χ1v) is 9.93. The molecule has 0 saturated heterocycles. The van der Waals surface area contributed by atoms with Gasteiger partial charge in [0.15, 0.2) is 0 Å². The summed E-state index contributed by atoms with van der Waals surface area (Å²) in [6.45, 7) is 4.51.